The van der Waals surface area contributed by atoms with Crippen molar-refractivity contribution in [1.29, 1.82) is 0 Å². The highest BCUT2D eigenvalue weighted by Gasteiger charge is 2.23. The van der Waals surface area contributed by atoms with Crippen molar-refractivity contribution < 1.29 is 9.59 Å². The van der Waals surface area contributed by atoms with Crippen LogP contribution in [0, 0.1) is 0 Å². The molecule has 2 rings (SSSR count). The summed E-state index contributed by atoms with van der Waals surface area (Å²) in [7, 11) is 0. The lowest BCUT2D eigenvalue weighted by molar-refractivity contribution is -0.130. The maximum Gasteiger partial charge on any atom is 0.272 e. The number of hydrogen-bond acceptors (Lipinski definition) is 3. The lowest BCUT2D eigenvalue weighted by atomic mass is 10.2. The molecule has 5 nitrogen and oxygen atoms in total. The van der Waals surface area contributed by atoms with Gasteiger partial charge in [-0.25, -0.2) is 4.98 Å². The molecule has 2 amide bonds. The van der Waals surface area contributed by atoms with Crippen LogP contribution in [0.25, 0.3) is 0 Å². The number of halogens is 1. The second-order valence-corrected chi connectivity index (χ2v) is 4.53. The summed E-state index contributed by atoms with van der Waals surface area (Å²) in [6.45, 7) is 3.75. The summed E-state index contributed by atoms with van der Waals surface area (Å²) >= 11 is 5.76. The number of pyridine rings is 1. The summed E-state index contributed by atoms with van der Waals surface area (Å²) in [4.78, 5) is 30.7. The average Bonchev–Trinajstić information content (AvgIpc) is 2.38. The molecule has 1 aromatic rings. The zero-order valence-corrected chi connectivity index (χ0v) is 10.9. The smallest absolute Gasteiger partial charge is 0.272 e. The van der Waals surface area contributed by atoms with Gasteiger partial charge in [0, 0.05) is 33.1 Å². The monoisotopic (exact) mass is 267 g/mol. The van der Waals surface area contributed by atoms with Crippen molar-refractivity contribution in [3.05, 3.63) is 29.0 Å². The molecule has 0 spiro atoms. The number of aromatic nitrogens is 1. The fraction of sp³-hybridized carbons (Fsp3) is 0.417. The quantitative estimate of drug-likeness (QED) is 0.715. The highest BCUT2D eigenvalue weighted by Crippen LogP contribution is 2.10. The number of rotatable bonds is 1. The van der Waals surface area contributed by atoms with E-state index in [9.17, 15) is 9.59 Å². The summed E-state index contributed by atoms with van der Waals surface area (Å²) in [5.74, 6) is -0.0938. The van der Waals surface area contributed by atoms with E-state index in [2.05, 4.69) is 4.98 Å². The summed E-state index contributed by atoms with van der Waals surface area (Å²) in [6.07, 6.45) is 0. The number of amides is 2. The lowest BCUT2D eigenvalue weighted by Crippen LogP contribution is -2.50. The van der Waals surface area contributed by atoms with Crippen LogP contribution < -0.4 is 0 Å². The molecule has 0 bridgehead atoms. The van der Waals surface area contributed by atoms with Gasteiger partial charge in [-0.05, 0) is 12.1 Å². The van der Waals surface area contributed by atoms with Gasteiger partial charge in [0.15, 0.2) is 0 Å². The van der Waals surface area contributed by atoms with Crippen molar-refractivity contribution in [2.75, 3.05) is 26.2 Å². The van der Waals surface area contributed by atoms with Gasteiger partial charge in [0.2, 0.25) is 5.91 Å². The predicted octanol–water partition coefficient (Wildman–Crippen LogP) is 1.04. The van der Waals surface area contributed by atoms with Gasteiger partial charge in [-0.15, -0.1) is 0 Å². The van der Waals surface area contributed by atoms with E-state index in [-0.39, 0.29) is 11.8 Å². The minimum atomic E-state index is -0.138. The Bertz CT molecular complexity index is 470. The van der Waals surface area contributed by atoms with Gasteiger partial charge in [0.25, 0.3) is 5.91 Å². The first-order valence-electron chi connectivity index (χ1n) is 5.75. The van der Waals surface area contributed by atoms with Crippen molar-refractivity contribution >= 4 is 23.4 Å². The molecule has 1 aromatic heterocycles. The molecule has 2 heterocycles. The Morgan fingerprint density at radius 1 is 1.17 bits per heavy atom. The number of nitrogens with zero attached hydrogens (tertiary/aromatic N) is 3. The molecule has 1 aliphatic heterocycles. The molecule has 0 radical (unpaired) electrons. The molecule has 1 fully saturated rings. The predicted molar refractivity (Wildman–Crippen MR) is 67.4 cm³/mol. The van der Waals surface area contributed by atoms with E-state index in [0.717, 1.165) is 0 Å². The van der Waals surface area contributed by atoms with Crippen LogP contribution in [0.5, 0.6) is 0 Å². The summed E-state index contributed by atoms with van der Waals surface area (Å²) in [5.41, 5.74) is 0.346. The van der Waals surface area contributed by atoms with Crippen LogP contribution in [-0.2, 0) is 4.79 Å². The van der Waals surface area contributed by atoms with Gasteiger partial charge in [-0.1, -0.05) is 17.7 Å². The van der Waals surface area contributed by atoms with E-state index in [1.807, 2.05) is 0 Å². The number of carbonyl (C=O) groups excluding carboxylic acids is 2. The number of piperazine rings is 1. The molecule has 0 aromatic carbocycles. The third-order valence-electron chi connectivity index (χ3n) is 2.95. The standard InChI is InChI=1S/C12H14ClN3O2/c1-9(17)15-5-7-16(8-6-15)12(18)10-3-2-4-11(13)14-10/h2-4H,5-8H2,1H3. The topological polar surface area (TPSA) is 53.5 Å². The lowest BCUT2D eigenvalue weighted by Gasteiger charge is -2.34. The van der Waals surface area contributed by atoms with Crippen LogP contribution in [0.4, 0.5) is 0 Å². The minimum Gasteiger partial charge on any atom is -0.339 e. The molecular weight excluding hydrogens is 254 g/mol. The highest BCUT2D eigenvalue weighted by atomic mass is 35.5. The number of hydrogen-bond donors (Lipinski definition) is 0. The second kappa shape index (κ2) is 5.35. The Morgan fingerprint density at radius 2 is 1.78 bits per heavy atom. The molecule has 96 valence electrons. The van der Waals surface area contributed by atoms with E-state index in [0.29, 0.717) is 37.0 Å². The molecule has 6 heteroatoms. The molecular formula is C12H14ClN3O2. The maximum absolute atomic E-state index is 12.1. The van der Waals surface area contributed by atoms with Crippen LogP contribution >= 0.6 is 11.6 Å². The fourth-order valence-electron chi connectivity index (χ4n) is 1.91. The fourth-order valence-corrected chi connectivity index (χ4v) is 2.08. The first kappa shape index (κ1) is 12.8. The minimum absolute atomic E-state index is 0.0444. The first-order valence-corrected chi connectivity index (χ1v) is 6.13. The second-order valence-electron chi connectivity index (χ2n) is 4.14. The Labute approximate surface area is 110 Å². The largest absolute Gasteiger partial charge is 0.339 e. The molecule has 0 aliphatic carbocycles. The molecule has 1 saturated heterocycles. The van der Waals surface area contributed by atoms with Crippen molar-refractivity contribution in [3.8, 4) is 0 Å². The summed E-state index contributed by atoms with van der Waals surface area (Å²) < 4.78 is 0. The summed E-state index contributed by atoms with van der Waals surface area (Å²) in [6, 6.07) is 4.98. The Morgan fingerprint density at radius 3 is 2.33 bits per heavy atom. The molecule has 18 heavy (non-hydrogen) atoms. The van der Waals surface area contributed by atoms with Crippen LogP contribution in [-0.4, -0.2) is 52.8 Å². The van der Waals surface area contributed by atoms with Crippen LogP contribution in [0.1, 0.15) is 17.4 Å². The van der Waals surface area contributed by atoms with E-state index in [1.165, 1.54) is 6.92 Å². The van der Waals surface area contributed by atoms with Gasteiger partial charge in [-0.3, -0.25) is 9.59 Å². The molecule has 0 saturated carbocycles. The van der Waals surface area contributed by atoms with Gasteiger partial charge < -0.3 is 9.80 Å². The SMILES string of the molecule is CC(=O)N1CCN(C(=O)c2cccc(Cl)n2)CC1. The van der Waals surface area contributed by atoms with Gasteiger partial charge in [0.1, 0.15) is 10.8 Å². The van der Waals surface area contributed by atoms with Crippen molar-refractivity contribution in [2.24, 2.45) is 0 Å². The zero-order chi connectivity index (χ0) is 13.1. The zero-order valence-electron chi connectivity index (χ0n) is 10.1. The van der Waals surface area contributed by atoms with Crippen LogP contribution in [0.2, 0.25) is 5.15 Å². The van der Waals surface area contributed by atoms with Gasteiger partial charge >= 0.3 is 0 Å². The molecule has 0 atom stereocenters. The molecule has 0 unspecified atom stereocenters. The molecule has 0 N–H and O–H groups in total. The Hall–Kier alpha value is -1.62. The first-order chi connectivity index (χ1) is 8.58. The average molecular weight is 268 g/mol. The van der Waals surface area contributed by atoms with E-state index in [4.69, 9.17) is 11.6 Å². The van der Waals surface area contributed by atoms with Crippen molar-refractivity contribution in [3.63, 3.8) is 0 Å². The maximum atomic E-state index is 12.1. The van der Waals surface area contributed by atoms with Crippen molar-refractivity contribution in [2.45, 2.75) is 6.92 Å². The van der Waals surface area contributed by atoms with E-state index < -0.39 is 0 Å². The van der Waals surface area contributed by atoms with Crippen molar-refractivity contribution in [1.82, 2.24) is 14.8 Å². The third kappa shape index (κ3) is 2.79. The highest BCUT2D eigenvalue weighted by molar-refractivity contribution is 6.29. The Kier molecular flexibility index (Phi) is 3.81. The summed E-state index contributed by atoms with van der Waals surface area (Å²) in [5, 5.41) is 0.309. The molecule has 1 aliphatic rings. The number of carbonyl (C=O) groups is 2. The van der Waals surface area contributed by atoms with Crippen LogP contribution in [0.3, 0.4) is 0 Å². The third-order valence-corrected chi connectivity index (χ3v) is 3.16. The van der Waals surface area contributed by atoms with Gasteiger partial charge in [-0.2, -0.15) is 0 Å². The van der Waals surface area contributed by atoms with Crippen LogP contribution in [0.15, 0.2) is 18.2 Å². The van der Waals surface area contributed by atoms with Gasteiger partial charge in [0.05, 0.1) is 0 Å². The normalized spacial score (nSPS) is 15.7. The Balaban J connectivity index is 2.02. The van der Waals surface area contributed by atoms with E-state index >= 15 is 0 Å². The van der Waals surface area contributed by atoms with E-state index in [1.54, 1.807) is 28.0 Å².